The Morgan fingerprint density at radius 1 is 1.05 bits per heavy atom. The van der Waals surface area contributed by atoms with Crippen LogP contribution in [0.1, 0.15) is 12.8 Å². The lowest BCUT2D eigenvalue weighted by molar-refractivity contribution is 0.414. The molecule has 0 unspecified atom stereocenters. The fourth-order valence-corrected chi connectivity index (χ4v) is 5.78. The van der Waals surface area contributed by atoms with Crippen molar-refractivity contribution in [3.05, 3.63) is 72.4 Å². The van der Waals surface area contributed by atoms with E-state index in [1.165, 1.54) is 19.2 Å². The number of benzene rings is 2. The number of nitrogens with one attached hydrogen (secondary N) is 2. The van der Waals surface area contributed by atoms with Crippen LogP contribution < -0.4 is 20.5 Å². The van der Waals surface area contributed by atoms with Crippen LogP contribution in [0, 0.1) is 0 Å². The lowest BCUT2D eigenvalue weighted by atomic mass is 10.1. The number of aromatic nitrogens is 4. The summed E-state index contributed by atoms with van der Waals surface area (Å²) in [5, 5.41) is 5.22. The average Bonchev–Trinajstić information content (AvgIpc) is 3.52. The molecule has 12 heteroatoms. The van der Waals surface area contributed by atoms with Crippen molar-refractivity contribution in [2.75, 3.05) is 31.2 Å². The smallest absolute Gasteiger partial charge is 0.240 e. The molecule has 0 aliphatic carbocycles. The van der Waals surface area contributed by atoms with Crippen LogP contribution >= 0.6 is 11.3 Å². The fraction of sp³-hybridized carbons (Fsp3) is 0.192. The average molecular weight is 550 g/mol. The van der Waals surface area contributed by atoms with Crippen molar-refractivity contribution in [2.24, 2.45) is 0 Å². The molecule has 0 saturated carbocycles. The number of thiazole rings is 1. The molecule has 5 aromatic rings. The van der Waals surface area contributed by atoms with E-state index in [1.54, 1.807) is 29.7 Å². The van der Waals surface area contributed by atoms with Gasteiger partial charge in [-0.3, -0.25) is 4.40 Å². The van der Waals surface area contributed by atoms with Gasteiger partial charge in [0, 0.05) is 42.1 Å². The van der Waals surface area contributed by atoms with Gasteiger partial charge in [0.05, 0.1) is 23.4 Å². The quantitative estimate of drug-likeness (QED) is 0.164. The molecule has 0 spiro atoms. The number of nitrogens with zero attached hydrogens (tertiary/aromatic N) is 4. The Bertz CT molecular complexity index is 1650. The minimum absolute atomic E-state index is 0.207. The topological polar surface area (TPSA) is 137 Å². The molecular formula is C26H27N7O3S2. The van der Waals surface area contributed by atoms with Gasteiger partial charge in [-0.05, 0) is 55.3 Å². The van der Waals surface area contributed by atoms with Gasteiger partial charge >= 0.3 is 0 Å². The van der Waals surface area contributed by atoms with Crippen LogP contribution in [-0.4, -0.2) is 48.0 Å². The summed E-state index contributed by atoms with van der Waals surface area (Å²) in [7, 11) is -2.03. The number of fused-ring (bicyclic) bond motifs is 1. The Hall–Kier alpha value is -4.00. The van der Waals surface area contributed by atoms with Crippen molar-refractivity contribution in [1.82, 2.24) is 24.1 Å². The highest BCUT2D eigenvalue weighted by Crippen LogP contribution is 2.34. The maximum absolute atomic E-state index is 12.5. The number of sulfonamides is 1. The Morgan fingerprint density at radius 2 is 1.87 bits per heavy atom. The number of anilines is 2. The SMILES string of the molecule is COc1ccc(S(=O)(=O)NCCCCNc2nccc(-c3c(-c4cccc(N)c4)nc4sccn34)n2)cc1. The van der Waals surface area contributed by atoms with Crippen LogP contribution in [0.3, 0.4) is 0 Å². The summed E-state index contributed by atoms with van der Waals surface area (Å²) in [4.78, 5) is 15.0. The molecule has 0 aliphatic rings. The molecule has 3 aromatic heterocycles. The Balaban J connectivity index is 1.21. The summed E-state index contributed by atoms with van der Waals surface area (Å²) in [5.41, 5.74) is 10.0. The second-order valence-electron chi connectivity index (χ2n) is 8.46. The van der Waals surface area contributed by atoms with Gasteiger partial charge in [-0.2, -0.15) is 0 Å². The first-order valence-corrected chi connectivity index (χ1v) is 14.3. The van der Waals surface area contributed by atoms with Crippen LogP contribution in [0.5, 0.6) is 5.75 Å². The largest absolute Gasteiger partial charge is 0.497 e. The van der Waals surface area contributed by atoms with Crippen molar-refractivity contribution in [3.63, 3.8) is 0 Å². The van der Waals surface area contributed by atoms with Crippen LogP contribution in [0.25, 0.3) is 27.6 Å². The first-order valence-electron chi connectivity index (χ1n) is 12.0. The third-order valence-corrected chi connectivity index (χ3v) is 8.10. The van der Waals surface area contributed by atoms with Gasteiger partial charge in [-0.15, -0.1) is 11.3 Å². The summed E-state index contributed by atoms with van der Waals surface area (Å²) in [5.74, 6) is 1.10. The monoisotopic (exact) mass is 549 g/mol. The summed E-state index contributed by atoms with van der Waals surface area (Å²) in [6, 6.07) is 15.8. The number of imidazole rings is 1. The molecule has 0 fully saturated rings. The van der Waals surface area contributed by atoms with Gasteiger partial charge < -0.3 is 15.8 Å². The van der Waals surface area contributed by atoms with E-state index in [1.807, 2.05) is 46.3 Å². The molecule has 5 rings (SSSR count). The van der Waals surface area contributed by atoms with Crippen molar-refractivity contribution >= 4 is 38.0 Å². The lowest BCUT2D eigenvalue weighted by Gasteiger charge is -2.09. The number of nitrogen functional groups attached to an aromatic ring is 1. The van der Waals surface area contributed by atoms with E-state index < -0.39 is 10.0 Å². The van der Waals surface area contributed by atoms with Gasteiger partial charge in [0.15, 0.2) is 4.96 Å². The van der Waals surface area contributed by atoms with Crippen molar-refractivity contribution < 1.29 is 13.2 Å². The number of methoxy groups -OCH3 is 1. The molecule has 0 aliphatic heterocycles. The maximum atomic E-state index is 12.5. The number of hydrogen-bond acceptors (Lipinski definition) is 9. The van der Waals surface area contributed by atoms with Crippen LogP contribution in [-0.2, 0) is 10.0 Å². The third-order valence-electron chi connectivity index (χ3n) is 5.87. The second kappa shape index (κ2) is 11.2. The Labute approximate surface area is 224 Å². The molecule has 0 amide bonds. The molecule has 196 valence electrons. The fourth-order valence-electron chi connectivity index (χ4n) is 3.99. The number of rotatable bonds is 11. The third kappa shape index (κ3) is 5.62. The molecule has 3 heterocycles. The van der Waals surface area contributed by atoms with Crippen molar-refractivity contribution in [3.8, 4) is 28.4 Å². The molecule has 0 saturated heterocycles. The highest BCUT2D eigenvalue weighted by molar-refractivity contribution is 7.89. The van der Waals surface area contributed by atoms with Gasteiger partial charge in [0.2, 0.25) is 16.0 Å². The standard InChI is InChI=1S/C26H27N7O3S2/c1-36-20-7-9-21(10-8-20)38(34,35)30-13-3-2-12-28-25-29-14-11-22(31-25)24-23(18-5-4-6-19(27)17-18)32-26-33(24)15-16-37-26/h4-11,14-17,30H,2-3,12-13,27H2,1H3,(H,28,29,31). The van der Waals surface area contributed by atoms with E-state index in [0.29, 0.717) is 36.9 Å². The Morgan fingerprint density at radius 3 is 2.66 bits per heavy atom. The molecule has 4 N–H and O–H groups in total. The zero-order valence-corrected chi connectivity index (χ0v) is 22.3. The van der Waals surface area contributed by atoms with E-state index >= 15 is 0 Å². The van der Waals surface area contributed by atoms with E-state index in [0.717, 1.165) is 34.0 Å². The van der Waals surface area contributed by atoms with E-state index in [9.17, 15) is 8.42 Å². The summed E-state index contributed by atoms with van der Waals surface area (Å²) < 4.78 is 34.6. The molecule has 0 atom stereocenters. The molecular weight excluding hydrogens is 522 g/mol. The number of hydrogen-bond donors (Lipinski definition) is 3. The first-order chi connectivity index (χ1) is 18.4. The number of nitrogens with two attached hydrogens (primary N) is 1. The maximum Gasteiger partial charge on any atom is 0.240 e. The van der Waals surface area contributed by atoms with Gasteiger partial charge in [0.1, 0.15) is 11.4 Å². The second-order valence-corrected chi connectivity index (χ2v) is 11.1. The highest BCUT2D eigenvalue weighted by Gasteiger charge is 2.19. The minimum Gasteiger partial charge on any atom is -0.497 e. The minimum atomic E-state index is -3.56. The van der Waals surface area contributed by atoms with E-state index in [4.69, 9.17) is 20.4 Å². The zero-order chi connectivity index (χ0) is 26.5. The number of unbranched alkanes of at least 4 members (excludes halogenated alkanes) is 1. The molecule has 0 radical (unpaired) electrons. The molecule has 2 aromatic carbocycles. The van der Waals surface area contributed by atoms with Crippen molar-refractivity contribution in [2.45, 2.75) is 17.7 Å². The lowest BCUT2D eigenvalue weighted by Crippen LogP contribution is -2.25. The van der Waals surface area contributed by atoms with Gasteiger partial charge in [-0.1, -0.05) is 12.1 Å². The first kappa shape index (κ1) is 25.6. The summed E-state index contributed by atoms with van der Waals surface area (Å²) >= 11 is 1.55. The Kier molecular flexibility index (Phi) is 7.54. The number of ether oxygens (including phenoxy) is 1. The van der Waals surface area contributed by atoms with Crippen LogP contribution in [0.15, 0.2) is 77.3 Å². The van der Waals surface area contributed by atoms with Gasteiger partial charge in [0.25, 0.3) is 0 Å². The van der Waals surface area contributed by atoms with Crippen LogP contribution in [0.2, 0.25) is 0 Å². The van der Waals surface area contributed by atoms with Crippen LogP contribution in [0.4, 0.5) is 11.6 Å². The molecule has 0 bridgehead atoms. The molecule has 38 heavy (non-hydrogen) atoms. The zero-order valence-electron chi connectivity index (χ0n) is 20.7. The van der Waals surface area contributed by atoms with Crippen molar-refractivity contribution in [1.29, 1.82) is 0 Å². The predicted octanol–water partition coefficient (Wildman–Crippen LogP) is 4.28. The van der Waals surface area contributed by atoms with Gasteiger partial charge in [-0.25, -0.2) is 28.1 Å². The predicted molar refractivity (Wildman–Crippen MR) is 150 cm³/mol. The van der Waals surface area contributed by atoms with E-state index in [-0.39, 0.29) is 4.90 Å². The molecule has 10 nitrogen and oxygen atoms in total. The summed E-state index contributed by atoms with van der Waals surface area (Å²) in [6.45, 7) is 0.919. The summed E-state index contributed by atoms with van der Waals surface area (Å²) in [6.07, 6.45) is 5.07. The van der Waals surface area contributed by atoms with E-state index in [2.05, 4.69) is 15.0 Å². The normalized spacial score (nSPS) is 11.6. The highest BCUT2D eigenvalue weighted by atomic mass is 32.2.